The monoisotopic (exact) mass is 663 g/mol. The van der Waals surface area contributed by atoms with E-state index >= 15 is 0 Å². The van der Waals surface area contributed by atoms with E-state index in [-0.39, 0.29) is 0 Å². The Morgan fingerprint density at radius 3 is 1.25 bits per heavy atom. The lowest BCUT2D eigenvalue weighted by Crippen LogP contribution is -1.96. The fourth-order valence-electron chi connectivity index (χ4n) is 8.88. The molecule has 4 nitrogen and oxygen atoms in total. The molecule has 0 saturated heterocycles. The van der Waals surface area contributed by atoms with Gasteiger partial charge in [0.15, 0.2) is 0 Å². The topological polar surface area (TPSA) is 27.9 Å². The Morgan fingerprint density at radius 2 is 0.712 bits per heavy atom. The molecular weight excluding hydrogens is 635 g/mol. The molecule has 52 heavy (non-hydrogen) atoms. The molecule has 242 valence electrons. The fourth-order valence-corrected chi connectivity index (χ4v) is 8.88. The number of para-hydroxylation sites is 5. The lowest BCUT2D eigenvalue weighted by molar-refractivity contribution is 0.669. The summed E-state index contributed by atoms with van der Waals surface area (Å²) in [6, 6.07) is 63.5. The minimum Gasteiger partial charge on any atom is -0.456 e. The van der Waals surface area contributed by atoms with Crippen LogP contribution in [0.4, 0.5) is 0 Å². The predicted molar refractivity (Wildman–Crippen MR) is 217 cm³/mol. The smallest absolute Gasteiger partial charge is 0.137 e. The number of rotatable bonds is 3. The maximum atomic E-state index is 6.56. The first-order chi connectivity index (χ1) is 25.8. The van der Waals surface area contributed by atoms with Gasteiger partial charge in [-0.2, -0.15) is 0 Å². The van der Waals surface area contributed by atoms with E-state index in [9.17, 15) is 0 Å². The zero-order valence-corrected chi connectivity index (χ0v) is 28.0. The number of benzene rings is 8. The molecule has 12 aromatic rings. The summed E-state index contributed by atoms with van der Waals surface area (Å²) < 4.78 is 13.8. The molecule has 0 spiro atoms. The van der Waals surface area contributed by atoms with Gasteiger partial charge in [0, 0.05) is 49.1 Å². The lowest BCUT2D eigenvalue weighted by atomic mass is 10.1. The van der Waals surface area contributed by atoms with Crippen LogP contribution in [-0.2, 0) is 0 Å². The van der Waals surface area contributed by atoms with Crippen LogP contribution in [0.2, 0.25) is 0 Å². The largest absolute Gasteiger partial charge is 0.456 e. The van der Waals surface area contributed by atoms with Crippen molar-refractivity contribution in [3.8, 4) is 17.1 Å². The normalized spacial score (nSPS) is 12.2. The van der Waals surface area contributed by atoms with Crippen LogP contribution in [0.25, 0.3) is 104 Å². The Labute approximate surface area is 297 Å². The van der Waals surface area contributed by atoms with Crippen molar-refractivity contribution in [2.45, 2.75) is 0 Å². The van der Waals surface area contributed by atoms with Crippen LogP contribution < -0.4 is 0 Å². The van der Waals surface area contributed by atoms with Gasteiger partial charge in [-0.1, -0.05) is 97.1 Å². The van der Waals surface area contributed by atoms with Crippen LogP contribution >= 0.6 is 0 Å². The maximum absolute atomic E-state index is 6.56. The first-order valence-electron chi connectivity index (χ1n) is 17.8. The molecule has 0 N–H and O–H groups in total. The Balaban J connectivity index is 1.11. The van der Waals surface area contributed by atoms with Crippen molar-refractivity contribution in [3.63, 3.8) is 0 Å². The first-order valence-corrected chi connectivity index (χ1v) is 17.8. The molecule has 0 aliphatic carbocycles. The molecule has 12 rings (SSSR count). The zero-order valence-electron chi connectivity index (χ0n) is 28.0. The van der Waals surface area contributed by atoms with E-state index in [1.54, 1.807) is 0 Å². The third kappa shape index (κ3) is 3.65. The molecule has 8 aromatic carbocycles. The second-order valence-corrected chi connectivity index (χ2v) is 13.7. The Morgan fingerprint density at radius 1 is 0.288 bits per heavy atom. The number of hydrogen-bond donors (Lipinski definition) is 0. The summed E-state index contributed by atoms with van der Waals surface area (Å²) >= 11 is 0. The van der Waals surface area contributed by atoms with Gasteiger partial charge in [0.2, 0.25) is 0 Å². The second kappa shape index (κ2) is 10.3. The highest BCUT2D eigenvalue weighted by Crippen LogP contribution is 2.41. The lowest BCUT2D eigenvalue weighted by Gasteiger charge is -2.11. The van der Waals surface area contributed by atoms with Crippen LogP contribution in [0.5, 0.6) is 0 Å². The second-order valence-electron chi connectivity index (χ2n) is 13.7. The fraction of sp³-hybridized carbons (Fsp3) is 0. The van der Waals surface area contributed by atoms with E-state index in [0.717, 1.165) is 39.0 Å². The Kier molecular flexibility index (Phi) is 5.47. The average Bonchev–Trinajstić information content (AvgIpc) is 3.94. The minimum absolute atomic E-state index is 0.876. The third-order valence-corrected chi connectivity index (χ3v) is 11.0. The molecule has 4 heterocycles. The van der Waals surface area contributed by atoms with Crippen LogP contribution in [0.15, 0.2) is 180 Å². The summed E-state index contributed by atoms with van der Waals surface area (Å²) in [4.78, 5) is 0. The molecular formula is C48H29N3O. The van der Waals surface area contributed by atoms with Crippen LogP contribution in [0.1, 0.15) is 0 Å². The first kappa shape index (κ1) is 27.7. The van der Waals surface area contributed by atoms with Crippen molar-refractivity contribution in [1.29, 1.82) is 0 Å². The highest BCUT2D eigenvalue weighted by Gasteiger charge is 2.20. The standard InChI is InChI=1S/C48H29N3O/c1-6-17-39-32(12-1)33-13-2-7-18-40(33)49(39)30-24-26-44-37(28-30)36-16-5-8-19-41(36)50(44)31-25-27-46-38(29-31)48-45(22-11-23-47(48)52-46)51-42-20-9-3-14-34(42)35-15-4-10-21-43(35)51/h1-29H. The summed E-state index contributed by atoms with van der Waals surface area (Å²) in [5.74, 6) is 0. The van der Waals surface area contributed by atoms with Crippen molar-refractivity contribution < 1.29 is 4.42 Å². The summed E-state index contributed by atoms with van der Waals surface area (Å²) in [6.45, 7) is 0. The van der Waals surface area contributed by atoms with Crippen molar-refractivity contribution in [2.24, 2.45) is 0 Å². The van der Waals surface area contributed by atoms with Gasteiger partial charge in [0.05, 0.1) is 44.2 Å². The molecule has 0 bridgehead atoms. The quantitative estimate of drug-likeness (QED) is 0.185. The molecule has 0 amide bonds. The predicted octanol–water partition coefficient (Wildman–Crippen LogP) is 12.9. The third-order valence-electron chi connectivity index (χ3n) is 11.0. The molecule has 0 radical (unpaired) electrons. The van der Waals surface area contributed by atoms with E-state index in [2.05, 4.69) is 190 Å². The minimum atomic E-state index is 0.876. The molecule has 0 aliphatic heterocycles. The number of fused-ring (bicyclic) bond motifs is 12. The summed E-state index contributed by atoms with van der Waals surface area (Å²) in [6.07, 6.45) is 0. The van der Waals surface area contributed by atoms with Gasteiger partial charge in [-0.15, -0.1) is 0 Å². The van der Waals surface area contributed by atoms with Crippen LogP contribution in [0.3, 0.4) is 0 Å². The van der Waals surface area contributed by atoms with Crippen LogP contribution in [-0.4, -0.2) is 13.7 Å². The van der Waals surface area contributed by atoms with Gasteiger partial charge in [-0.25, -0.2) is 0 Å². The van der Waals surface area contributed by atoms with E-state index in [0.29, 0.717) is 0 Å². The van der Waals surface area contributed by atoms with Gasteiger partial charge < -0.3 is 18.1 Å². The summed E-state index contributed by atoms with van der Waals surface area (Å²) in [7, 11) is 0. The van der Waals surface area contributed by atoms with E-state index < -0.39 is 0 Å². The van der Waals surface area contributed by atoms with Crippen molar-refractivity contribution in [3.05, 3.63) is 176 Å². The number of furan rings is 1. The van der Waals surface area contributed by atoms with E-state index in [4.69, 9.17) is 4.42 Å². The van der Waals surface area contributed by atoms with Gasteiger partial charge in [-0.05, 0) is 78.9 Å². The SMILES string of the molecule is c1cc(-n2c3ccccc3c3ccccc32)c2c(c1)oc1ccc(-n3c4ccccc4c4cc(-n5c6ccccc6c6ccccc65)ccc43)cc12. The maximum Gasteiger partial charge on any atom is 0.137 e. The van der Waals surface area contributed by atoms with E-state index in [1.165, 1.54) is 65.4 Å². The number of hydrogen-bond acceptors (Lipinski definition) is 1. The molecule has 0 saturated carbocycles. The number of nitrogens with zero attached hydrogens (tertiary/aromatic N) is 3. The van der Waals surface area contributed by atoms with Crippen molar-refractivity contribution in [2.75, 3.05) is 0 Å². The summed E-state index contributed by atoms with van der Waals surface area (Å²) in [5.41, 5.74) is 12.3. The average molecular weight is 664 g/mol. The van der Waals surface area contributed by atoms with E-state index in [1.807, 2.05) is 0 Å². The van der Waals surface area contributed by atoms with Gasteiger partial charge in [-0.3, -0.25) is 0 Å². The van der Waals surface area contributed by atoms with Crippen molar-refractivity contribution in [1.82, 2.24) is 13.7 Å². The van der Waals surface area contributed by atoms with Crippen LogP contribution in [0, 0.1) is 0 Å². The van der Waals surface area contributed by atoms with Gasteiger partial charge in [0.1, 0.15) is 11.2 Å². The highest BCUT2D eigenvalue weighted by atomic mass is 16.3. The highest BCUT2D eigenvalue weighted by molar-refractivity contribution is 6.16. The Hall–Kier alpha value is -7.04. The molecule has 0 fully saturated rings. The molecule has 4 heteroatoms. The zero-order chi connectivity index (χ0) is 33.9. The molecule has 0 unspecified atom stereocenters. The molecule has 0 aliphatic rings. The molecule has 4 aromatic heterocycles. The summed E-state index contributed by atoms with van der Waals surface area (Å²) in [5, 5.41) is 9.67. The molecule has 0 atom stereocenters. The Bertz CT molecular complexity index is 3320. The van der Waals surface area contributed by atoms with Gasteiger partial charge >= 0.3 is 0 Å². The van der Waals surface area contributed by atoms with Crippen molar-refractivity contribution >= 4 is 87.4 Å². The number of aromatic nitrogens is 3. The van der Waals surface area contributed by atoms with Gasteiger partial charge in [0.25, 0.3) is 0 Å².